The van der Waals surface area contributed by atoms with E-state index in [1.165, 1.54) is 0 Å². The van der Waals surface area contributed by atoms with Gasteiger partial charge in [0.2, 0.25) is 5.91 Å². The fourth-order valence-corrected chi connectivity index (χ4v) is 2.46. The Hall–Kier alpha value is -1.24. The fraction of sp³-hybridized carbons (Fsp3) is 0.500. The maximum Gasteiger partial charge on any atom is 0.245 e. The molecule has 1 aromatic heterocycles. The Bertz CT molecular complexity index is 450. The Morgan fingerprint density at radius 2 is 2.33 bits per heavy atom. The number of rotatable bonds is 4. The van der Waals surface area contributed by atoms with Gasteiger partial charge in [-0.15, -0.1) is 11.3 Å². The third-order valence-corrected chi connectivity index (χ3v) is 3.61. The Labute approximate surface area is 110 Å². The molecule has 5 nitrogen and oxygen atoms in total. The number of hydrogen-bond donors (Lipinski definition) is 1. The zero-order valence-corrected chi connectivity index (χ0v) is 11.3. The van der Waals surface area contributed by atoms with Gasteiger partial charge in [-0.25, -0.2) is 5.43 Å². The molecule has 1 fully saturated rings. The zero-order chi connectivity index (χ0) is 13.0. The van der Waals surface area contributed by atoms with E-state index in [0.717, 1.165) is 10.4 Å². The molecule has 1 amide bonds. The first kappa shape index (κ1) is 13.2. The first-order chi connectivity index (χ1) is 8.59. The van der Waals surface area contributed by atoms with Crippen molar-refractivity contribution in [3.8, 4) is 0 Å². The number of nitrogens with zero attached hydrogens (tertiary/aromatic N) is 1. The smallest absolute Gasteiger partial charge is 0.245 e. The topological polar surface area (TPSA) is 59.9 Å². The van der Waals surface area contributed by atoms with Crippen LogP contribution in [-0.4, -0.2) is 31.1 Å². The molecule has 0 bridgehead atoms. The summed E-state index contributed by atoms with van der Waals surface area (Å²) in [5.41, 5.74) is 3.62. The second-order valence-corrected chi connectivity index (χ2v) is 5.22. The lowest BCUT2D eigenvalue weighted by molar-refractivity contribution is -0.159. The number of hydrazone groups is 1. The summed E-state index contributed by atoms with van der Waals surface area (Å²) in [7, 11) is 0. The van der Waals surface area contributed by atoms with E-state index < -0.39 is 5.79 Å². The molecule has 1 aromatic rings. The van der Waals surface area contributed by atoms with Gasteiger partial charge in [0, 0.05) is 4.88 Å². The molecule has 0 radical (unpaired) electrons. The predicted octanol–water partition coefficient (Wildman–Crippen LogP) is 1.66. The molecule has 0 aliphatic carbocycles. The van der Waals surface area contributed by atoms with E-state index in [1.807, 2.05) is 18.4 Å². The van der Waals surface area contributed by atoms with Crippen molar-refractivity contribution in [2.24, 2.45) is 5.10 Å². The lowest BCUT2D eigenvalue weighted by Crippen LogP contribution is -2.33. The lowest BCUT2D eigenvalue weighted by atomic mass is 10.2. The highest BCUT2D eigenvalue weighted by atomic mass is 32.1. The second-order valence-electron chi connectivity index (χ2n) is 4.27. The molecule has 6 heteroatoms. The maximum atomic E-state index is 11.6. The molecule has 18 heavy (non-hydrogen) atoms. The van der Waals surface area contributed by atoms with Crippen LogP contribution in [0.2, 0.25) is 0 Å². The van der Waals surface area contributed by atoms with Gasteiger partial charge >= 0.3 is 0 Å². The van der Waals surface area contributed by atoms with Crippen LogP contribution in [-0.2, 0) is 14.3 Å². The number of aryl methyl sites for hydroxylation is 1. The van der Waals surface area contributed by atoms with Crippen molar-refractivity contribution in [2.45, 2.75) is 26.1 Å². The molecule has 1 aliphatic rings. The highest BCUT2D eigenvalue weighted by Gasteiger charge is 2.33. The molecule has 98 valence electrons. The summed E-state index contributed by atoms with van der Waals surface area (Å²) < 4.78 is 10.7. The Morgan fingerprint density at radius 3 is 2.94 bits per heavy atom. The van der Waals surface area contributed by atoms with Gasteiger partial charge in [0.15, 0.2) is 5.79 Å². The summed E-state index contributed by atoms with van der Waals surface area (Å²) in [4.78, 5) is 12.7. The molecular formula is C12H16N2O3S. The summed E-state index contributed by atoms with van der Waals surface area (Å²) in [6.45, 7) is 4.82. The molecule has 0 atom stereocenters. The summed E-state index contributed by atoms with van der Waals surface area (Å²) in [6, 6.07) is 2.01. The molecule has 1 aliphatic heterocycles. The van der Waals surface area contributed by atoms with Crippen LogP contribution in [0.3, 0.4) is 0 Å². The van der Waals surface area contributed by atoms with Gasteiger partial charge in [0.05, 0.1) is 25.8 Å². The Morgan fingerprint density at radius 1 is 1.61 bits per heavy atom. The highest BCUT2D eigenvalue weighted by molar-refractivity contribution is 7.11. The zero-order valence-electron chi connectivity index (χ0n) is 10.4. The van der Waals surface area contributed by atoms with Crippen LogP contribution >= 0.6 is 11.3 Å². The highest BCUT2D eigenvalue weighted by Crippen LogP contribution is 2.22. The van der Waals surface area contributed by atoms with Crippen LogP contribution < -0.4 is 5.43 Å². The second kappa shape index (κ2) is 5.60. The van der Waals surface area contributed by atoms with E-state index in [9.17, 15) is 4.79 Å². The quantitative estimate of drug-likeness (QED) is 0.667. The third-order valence-electron chi connectivity index (χ3n) is 2.65. The van der Waals surface area contributed by atoms with E-state index in [1.54, 1.807) is 24.5 Å². The first-order valence-electron chi connectivity index (χ1n) is 5.73. The minimum Gasteiger partial charge on any atom is -0.347 e. The van der Waals surface area contributed by atoms with Crippen molar-refractivity contribution < 1.29 is 14.3 Å². The molecule has 2 rings (SSSR count). The molecule has 0 spiro atoms. The predicted molar refractivity (Wildman–Crippen MR) is 69.7 cm³/mol. The maximum absolute atomic E-state index is 11.6. The van der Waals surface area contributed by atoms with Crippen LogP contribution in [0.1, 0.15) is 23.8 Å². The molecular weight excluding hydrogens is 252 g/mol. The fourth-order valence-electron chi connectivity index (χ4n) is 1.67. The SMILES string of the molecule is Cc1ccsc1/C=N\NC(=O)CC1(C)OCCO1. The van der Waals surface area contributed by atoms with Crippen molar-refractivity contribution in [1.82, 2.24) is 5.43 Å². The molecule has 0 saturated carbocycles. The molecule has 2 heterocycles. The number of nitrogens with one attached hydrogen (secondary N) is 1. The van der Waals surface area contributed by atoms with Crippen LogP contribution in [0, 0.1) is 6.92 Å². The van der Waals surface area contributed by atoms with Crippen LogP contribution in [0.15, 0.2) is 16.5 Å². The van der Waals surface area contributed by atoms with Gasteiger partial charge < -0.3 is 9.47 Å². The lowest BCUT2D eigenvalue weighted by Gasteiger charge is -2.20. The van der Waals surface area contributed by atoms with Crippen molar-refractivity contribution in [1.29, 1.82) is 0 Å². The van der Waals surface area contributed by atoms with Gasteiger partial charge in [-0.2, -0.15) is 5.10 Å². The molecule has 1 saturated heterocycles. The summed E-state index contributed by atoms with van der Waals surface area (Å²) in [6.07, 6.45) is 1.80. The Balaban J connectivity index is 1.81. The van der Waals surface area contributed by atoms with Gasteiger partial charge in [-0.1, -0.05) is 0 Å². The number of thiophene rings is 1. The van der Waals surface area contributed by atoms with Gasteiger partial charge in [-0.3, -0.25) is 4.79 Å². The van der Waals surface area contributed by atoms with Crippen molar-refractivity contribution in [3.63, 3.8) is 0 Å². The normalized spacial score (nSPS) is 18.3. The number of amides is 1. The van der Waals surface area contributed by atoms with Crippen molar-refractivity contribution in [3.05, 3.63) is 21.9 Å². The van der Waals surface area contributed by atoms with Crippen molar-refractivity contribution >= 4 is 23.5 Å². The van der Waals surface area contributed by atoms with Crippen molar-refractivity contribution in [2.75, 3.05) is 13.2 Å². The summed E-state index contributed by atoms with van der Waals surface area (Å²) in [5.74, 6) is -1.02. The number of hydrogen-bond acceptors (Lipinski definition) is 5. The van der Waals surface area contributed by atoms with E-state index >= 15 is 0 Å². The average Bonchev–Trinajstić information content (AvgIpc) is 2.89. The van der Waals surface area contributed by atoms with Crippen LogP contribution in [0.4, 0.5) is 0 Å². The van der Waals surface area contributed by atoms with E-state index in [-0.39, 0.29) is 12.3 Å². The van der Waals surface area contributed by atoms with Crippen LogP contribution in [0.5, 0.6) is 0 Å². The summed E-state index contributed by atoms with van der Waals surface area (Å²) >= 11 is 1.58. The van der Waals surface area contributed by atoms with Gasteiger partial charge in [0.1, 0.15) is 0 Å². The van der Waals surface area contributed by atoms with Gasteiger partial charge in [-0.05, 0) is 30.9 Å². The number of carbonyl (C=O) groups excluding carboxylic acids is 1. The monoisotopic (exact) mass is 268 g/mol. The third kappa shape index (κ3) is 3.38. The largest absolute Gasteiger partial charge is 0.347 e. The van der Waals surface area contributed by atoms with E-state index in [4.69, 9.17) is 9.47 Å². The minimum absolute atomic E-state index is 0.147. The van der Waals surface area contributed by atoms with Crippen LogP contribution in [0.25, 0.3) is 0 Å². The van der Waals surface area contributed by atoms with Gasteiger partial charge in [0.25, 0.3) is 0 Å². The number of carbonyl (C=O) groups is 1. The molecule has 1 N–H and O–H groups in total. The van der Waals surface area contributed by atoms with E-state index in [2.05, 4.69) is 10.5 Å². The molecule has 0 unspecified atom stereocenters. The summed E-state index contributed by atoms with van der Waals surface area (Å²) in [5, 5.41) is 5.91. The standard InChI is InChI=1S/C12H16N2O3S/c1-9-3-6-18-10(9)8-13-14-11(15)7-12(2)16-4-5-17-12/h3,6,8H,4-5,7H2,1-2H3,(H,14,15)/b13-8-. The minimum atomic E-state index is -0.807. The number of ether oxygens (including phenoxy) is 2. The Kier molecular flexibility index (Phi) is 4.11. The molecule has 0 aromatic carbocycles. The first-order valence-corrected chi connectivity index (χ1v) is 6.61. The average molecular weight is 268 g/mol. The van der Waals surface area contributed by atoms with E-state index in [0.29, 0.717) is 13.2 Å².